The van der Waals surface area contributed by atoms with Crippen molar-refractivity contribution < 1.29 is 9.55 Å². The number of nitrogens with zero attached hydrogens (tertiary/aromatic N) is 5. The lowest BCUT2D eigenvalue weighted by molar-refractivity contribution is -0.428. The Morgan fingerprint density at radius 2 is 2.04 bits per heavy atom. The third kappa shape index (κ3) is 2.75. The van der Waals surface area contributed by atoms with Gasteiger partial charge in [-0.3, -0.25) is 4.79 Å². The zero-order chi connectivity index (χ0) is 17.4. The van der Waals surface area contributed by atoms with Crippen LogP contribution >= 0.6 is 0 Å². The third-order valence-electron chi connectivity index (χ3n) is 4.63. The first-order valence-electron chi connectivity index (χ1n) is 8.07. The van der Waals surface area contributed by atoms with Gasteiger partial charge < -0.3 is 9.88 Å². The number of nitroso groups, excluding NO2 is 1. The number of aromatic nitrogens is 4. The predicted octanol–water partition coefficient (Wildman–Crippen LogP) is 2.02. The molecule has 0 aliphatic carbocycles. The molecule has 0 radical (unpaired) electrons. The van der Waals surface area contributed by atoms with Crippen LogP contribution in [0.4, 0.5) is 5.69 Å². The average Bonchev–Trinajstić information content (AvgIpc) is 3.30. The number of H-pyrrole nitrogens is 1. The van der Waals surface area contributed by atoms with Gasteiger partial charge in [0.1, 0.15) is 11.8 Å². The van der Waals surface area contributed by atoms with Crippen molar-refractivity contribution >= 4 is 22.8 Å². The molecule has 1 amide bonds. The monoisotopic (exact) mass is 337 g/mol. The normalized spacial score (nSPS) is 17.2. The van der Waals surface area contributed by atoms with Gasteiger partial charge in [0.2, 0.25) is 0 Å². The molecule has 0 saturated carbocycles. The van der Waals surface area contributed by atoms with Crippen molar-refractivity contribution in [2.24, 2.45) is 0 Å². The van der Waals surface area contributed by atoms with Gasteiger partial charge in [0, 0.05) is 40.8 Å². The third-order valence-corrected chi connectivity index (χ3v) is 4.63. The maximum Gasteiger partial charge on any atom is 0.274 e. The van der Waals surface area contributed by atoms with Crippen LogP contribution in [0.25, 0.3) is 11.2 Å². The maximum absolute atomic E-state index is 12.8. The molecular weight excluding hydrogens is 320 g/mol. The lowest BCUT2D eigenvalue weighted by Crippen LogP contribution is -2.29. The first-order chi connectivity index (χ1) is 12.1. The zero-order valence-electron chi connectivity index (χ0n) is 13.7. The summed E-state index contributed by atoms with van der Waals surface area (Å²) < 4.78 is 0.832. The SMILES string of the molecule is C[N+](=O)c1ccc(C2CCN(C(=O)c3ncnc4nc[nH]c34)C2)cc1. The maximum atomic E-state index is 12.8. The van der Waals surface area contributed by atoms with Gasteiger partial charge in [0.25, 0.3) is 11.6 Å². The molecule has 1 aromatic carbocycles. The Labute approximate surface area is 143 Å². The van der Waals surface area contributed by atoms with E-state index in [2.05, 4.69) is 19.9 Å². The molecule has 1 aliphatic heterocycles. The number of nitrogens with one attached hydrogen (secondary N) is 1. The van der Waals surface area contributed by atoms with E-state index in [4.69, 9.17) is 0 Å². The number of amides is 1. The van der Waals surface area contributed by atoms with Crippen molar-refractivity contribution in [2.45, 2.75) is 12.3 Å². The minimum Gasteiger partial charge on any atom is -0.341 e. The second-order valence-corrected chi connectivity index (χ2v) is 6.15. The molecule has 0 bridgehead atoms. The number of carbonyl (C=O) groups is 1. The van der Waals surface area contributed by atoms with E-state index in [0.29, 0.717) is 35.6 Å². The molecule has 1 unspecified atom stereocenters. The quantitative estimate of drug-likeness (QED) is 0.738. The van der Waals surface area contributed by atoms with Crippen molar-refractivity contribution in [3.63, 3.8) is 0 Å². The first kappa shape index (κ1) is 15.4. The summed E-state index contributed by atoms with van der Waals surface area (Å²) in [6.45, 7) is 1.30. The van der Waals surface area contributed by atoms with Crippen LogP contribution < -0.4 is 0 Å². The van der Waals surface area contributed by atoms with Crippen LogP contribution in [0.15, 0.2) is 36.9 Å². The van der Waals surface area contributed by atoms with Crippen molar-refractivity contribution in [2.75, 3.05) is 20.1 Å². The molecule has 3 aromatic rings. The van der Waals surface area contributed by atoms with Crippen molar-refractivity contribution in [3.8, 4) is 0 Å². The highest BCUT2D eigenvalue weighted by Gasteiger charge is 2.30. The number of imidazole rings is 1. The van der Waals surface area contributed by atoms with Gasteiger partial charge in [-0.05, 0) is 12.0 Å². The van der Waals surface area contributed by atoms with Crippen LogP contribution in [0.1, 0.15) is 28.4 Å². The Hall–Kier alpha value is -3.16. The van der Waals surface area contributed by atoms with Crippen LogP contribution in [0.5, 0.6) is 0 Å². The highest BCUT2D eigenvalue weighted by molar-refractivity contribution is 6.02. The molecule has 1 N–H and O–H groups in total. The number of rotatable bonds is 3. The Morgan fingerprint density at radius 1 is 1.24 bits per heavy atom. The van der Waals surface area contributed by atoms with E-state index in [0.717, 1.165) is 16.7 Å². The first-order valence-corrected chi connectivity index (χ1v) is 8.07. The van der Waals surface area contributed by atoms with E-state index in [1.165, 1.54) is 19.7 Å². The highest BCUT2D eigenvalue weighted by atomic mass is 16.3. The molecule has 3 heterocycles. The summed E-state index contributed by atoms with van der Waals surface area (Å²) in [7, 11) is 1.48. The fraction of sp³-hybridized carbons (Fsp3) is 0.294. The Kier molecular flexibility index (Phi) is 3.72. The Balaban J connectivity index is 1.53. The van der Waals surface area contributed by atoms with Gasteiger partial charge >= 0.3 is 0 Å². The molecule has 25 heavy (non-hydrogen) atoms. The standard InChI is InChI=1S/C17H16N6O2/c1-22(25)13-4-2-11(3-5-13)12-6-7-23(8-12)17(24)15-14-16(20-9-18-14)21-10-19-15/h2-5,9-10,12H,6-8H2,1H3/p+1. The van der Waals surface area contributed by atoms with E-state index < -0.39 is 0 Å². The fourth-order valence-corrected chi connectivity index (χ4v) is 3.25. The van der Waals surface area contributed by atoms with Gasteiger partial charge in [-0.25, -0.2) is 15.0 Å². The molecule has 2 aromatic heterocycles. The molecule has 4 rings (SSSR count). The molecule has 1 atom stereocenters. The van der Waals surface area contributed by atoms with Gasteiger partial charge in [0.05, 0.1) is 6.33 Å². The number of hydrogen-bond acceptors (Lipinski definition) is 5. The minimum absolute atomic E-state index is 0.116. The molecule has 0 spiro atoms. The van der Waals surface area contributed by atoms with Crippen LogP contribution in [-0.4, -0.2) is 55.6 Å². The smallest absolute Gasteiger partial charge is 0.274 e. The summed E-state index contributed by atoms with van der Waals surface area (Å²) in [5.41, 5.74) is 3.17. The number of carbonyl (C=O) groups excluding carboxylic acids is 1. The summed E-state index contributed by atoms with van der Waals surface area (Å²) >= 11 is 0. The molecule has 1 fully saturated rings. The number of benzene rings is 1. The van der Waals surface area contributed by atoms with Crippen molar-refractivity contribution in [1.29, 1.82) is 0 Å². The largest absolute Gasteiger partial charge is 0.341 e. The highest BCUT2D eigenvalue weighted by Crippen LogP contribution is 2.29. The summed E-state index contributed by atoms with van der Waals surface area (Å²) in [6.07, 6.45) is 3.76. The molecule has 8 heteroatoms. The lowest BCUT2D eigenvalue weighted by Gasteiger charge is -2.16. The second kappa shape index (κ2) is 6.04. The van der Waals surface area contributed by atoms with Gasteiger partial charge in [-0.15, -0.1) is 0 Å². The van der Waals surface area contributed by atoms with E-state index >= 15 is 0 Å². The minimum atomic E-state index is -0.116. The van der Waals surface area contributed by atoms with E-state index in [9.17, 15) is 9.70 Å². The van der Waals surface area contributed by atoms with Crippen molar-refractivity contribution in [3.05, 3.63) is 53.1 Å². The van der Waals surface area contributed by atoms with Crippen molar-refractivity contribution in [1.82, 2.24) is 24.8 Å². The average molecular weight is 337 g/mol. The molecule has 8 nitrogen and oxygen atoms in total. The Morgan fingerprint density at radius 3 is 2.80 bits per heavy atom. The van der Waals surface area contributed by atoms with Crippen LogP contribution in [-0.2, 0) is 0 Å². The van der Waals surface area contributed by atoms with Crippen LogP contribution in [0, 0.1) is 4.91 Å². The second-order valence-electron chi connectivity index (χ2n) is 6.15. The summed E-state index contributed by atoms with van der Waals surface area (Å²) in [4.78, 5) is 41.1. The van der Waals surface area contributed by atoms with Crippen LogP contribution in [0.2, 0.25) is 0 Å². The van der Waals surface area contributed by atoms with Gasteiger partial charge in [0.15, 0.2) is 18.4 Å². The molecule has 1 aliphatic rings. The number of likely N-dealkylation sites (tertiary alicyclic amines) is 1. The van der Waals surface area contributed by atoms with E-state index in [-0.39, 0.29) is 11.8 Å². The number of hydrogen-bond donors (Lipinski definition) is 1. The van der Waals surface area contributed by atoms with Crippen LogP contribution in [0.3, 0.4) is 0 Å². The van der Waals surface area contributed by atoms with E-state index in [1.807, 2.05) is 24.3 Å². The predicted molar refractivity (Wildman–Crippen MR) is 90.6 cm³/mol. The zero-order valence-corrected chi connectivity index (χ0v) is 13.7. The number of fused-ring (bicyclic) bond motifs is 1. The summed E-state index contributed by atoms with van der Waals surface area (Å²) in [5, 5.41) is 0. The van der Waals surface area contributed by atoms with E-state index in [1.54, 1.807) is 4.90 Å². The molecule has 1 saturated heterocycles. The summed E-state index contributed by atoms with van der Waals surface area (Å²) in [6, 6.07) is 7.54. The van der Waals surface area contributed by atoms with Gasteiger partial charge in [-0.1, -0.05) is 12.1 Å². The number of aromatic amines is 1. The Bertz CT molecular complexity index is 949. The summed E-state index contributed by atoms with van der Waals surface area (Å²) in [5.74, 6) is 0.143. The molecule has 126 valence electrons. The topological polar surface area (TPSA) is 94.8 Å². The fourth-order valence-electron chi connectivity index (χ4n) is 3.25. The molecular formula is C17H17N6O2+. The lowest BCUT2D eigenvalue weighted by atomic mass is 9.98. The van der Waals surface area contributed by atoms with Gasteiger partial charge in [-0.2, -0.15) is 0 Å².